The van der Waals surface area contributed by atoms with Gasteiger partial charge in [-0.2, -0.15) is 0 Å². The molecule has 0 aliphatic heterocycles. The molecule has 2 aromatic rings. The molecule has 11 heteroatoms. The summed E-state index contributed by atoms with van der Waals surface area (Å²) in [5, 5.41) is 3.31. The monoisotopic (exact) mass is 557 g/mol. The average molecular weight is 559 g/mol. The van der Waals surface area contributed by atoms with E-state index < -0.39 is 28.5 Å². The Balaban J connectivity index is 2.42. The number of nitrogens with one attached hydrogen (secondary N) is 1. The molecule has 2 amide bonds. The molecule has 0 heterocycles. The Morgan fingerprint density at radius 1 is 1.06 bits per heavy atom. The van der Waals surface area contributed by atoms with Crippen LogP contribution in [0.25, 0.3) is 0 Å². The average Bonchev–Trinajstić information content (AvgIpc) is 2.84. The highest BCUT2D eigenvalue weighted by atomic mass is 35.5. The third kappa shape index (κ3) is 8.28. The highest BCUT2D eigenvalue weighted by Gasteiger charge is 2.31. The van der Waals surface area contributed by atoms with Crippen LogP contribution in [0.4, 0.5) is 5.69 Å². The fourth-order valence-electron chi connectivity index (χ4n) is 3.61. The van der Waals surface area contributed by atoms with Gasteiger partial charge < -0.3 is 15.0 Å². The molecule has 36 heavy (non-hydrogen) atoms. The van der Waals surface area contributed by atoms with Gasteiger partial charge >= 0.3 is 0 Å². The summed E-state index contributed by atoms with van der Waals surface area (Å²) in [6.07, 6.45) is 3.09. The minimum Gasteiger partial charge on any atom is -0.497 e. The molecule has 0 bridgehead atoms. The van der Waals surface area contributed by atoms with Gasteiger partial charge in [0.2, 0.25) is 21.8 Å². The van der Waals surface area contributed by atoms with E-state index in [0.29, 0.717) is 18.7 Å². The van der Waals surface area contributed by atoms with Crippen LogP contribution in [-0.2, 0) is 26.2 Å². The van der Waals surface area contributed by atoms with Crippen LogP contribution >= 0.6 is 23.2 Å². The van der Waals surface area contributed by atoms with Crippen molar-refractivity contribution >= 4 is 50.7 Å². The Hall–Kier alpha value is -2.49. The second-order valence-electron chi connectivity index (χ2n) is 8.31. The smallest absolute Gasteiger partial charge is 0.244 e. The van der Waals surface area contributed by atoms with E-state index in [2.05, 4.69) is 5.32 Å². The fraction of sp³-hybridized carbons (Fsp3) is 0.440. The first-order chi connectivity index (χ1) is 17.0. The molecule has 8 nitrogen and oxygen atoms in total. The van der Waals surface area contributed by atoms with E-state index in [9.17, 15) is 18.0 Å². The number of hydrogen-bond acceptors (Lipinski definition) is 5. The van der Waals surface area contributed by atoms with Gasteiger partial charge in [0.1, 0.15) is 18.3 Å². The topological polar surface area (TPSA) is 96.0 Å². The van der Waals surface area contributed by atoms with Gasteiger partial charge in [-0.15, -0.1) is 0 Å². The van der Waals surface area contributed by atoms with Gasteiger partial charge in [-0.05, 0) is 48.7 Å². The first-order valence-electron chi connectivity index (χ1n) is 11.6. The molecule has 1 N–H and O–H groups in total. The van der Waals surface area contributed by atoms with Gasteiger partial charge in [0, 0.05) is 13.1 Å². The summed E-state index contributed by atoms with van der Waals surface area (Å²) in [7, 11) is -2.30. The van der Waals surface area contributed by atoms with E-state index in [1.807, 2.05) is 13.8 Å². The Bertz CT molecular complexity index is 1140. The van der Waals surface area contributed by atoms with Crippen molar-refractivity contribution < 1.29 is 22.7 Å². The minimum atomic E-state index is -3.86. The summed E-state index contributed by atoms with van der Waals surface area (Å²) in [5.74, 6) is -0.156. The number of nitrogens with zero attached hydrogens (tertiary/aromatic N) is 2. The van der Waals surface area contributed by atoms with E-state index in [1.54, 1.807) is 31.4 Å². The molecule has 0 fully saturated rings. The van der Waals surface area contributed by atoms with Crippen LogP contribution in [0.5, 0.6) is 5.75 Å². The van der Waals surface area contributed by atoms with Crippen molar-refractivity contribution in [3.8, 4) is 5.75 Å². The molecule has 0 saturated heterocycles. The van der Waals surface area contributed by atoms with E-state index in [0.717, 1.165) is 29.0 Å². The Morgan fingerprint density at radius 2 is 1.72 bits per heavy atom. The zero-order chi connectivity index (χ0) is 26.9. The van der Waals surface area contributed by atoms with Crippen molar-refractivity contribution in [3.05, 3.63) is 58.1 Å². The zero-order valence-corrected chi connectivity index (χ0v) is 23.3. The van der Waals surface area contributed by atoms with Gasteiger partial charge in [0.15, 0.2) is 0 Å². The lowest BCUT2D eigenvalue weighted by atomic mass is 10.1. The van der Waals surface area contributed by atoms with Crippen LogP contribution in [0.3, 0.4) is 0 Å². The standard InChI is InChI=1S/C25H33Cl2N3O5S/c1-5-7-14-28-25(32)23(6-2)29(16-18-8-11-20(35-3)12-9-18)24(31)17-30(36(4,33)34)19-10-13-21(26)22(27)15-19/h8-13,15,23H,5-7,14,16-17H2,1-4H3,(H,28,32)/t23-/m0/s1. The number of methoxy groups -OCH3 is 1. The van der Waals surface area contributed by atoms with Crippen molar-refractivity contribution in [1.82, 2.24) is 10.2 Å². The number of halogens is 2. The number of unbranched alkanes of at least 4 members (excludes halogenated alkanes) is 1. The normalized spacial score (nSPS) is 12.1. The fourth-order valence-corrected chi connectivity index (χ4v) is 4.74. The molecule has 0 radical (unpaired) electrons. The third-order valence-corrected chi connectivity index (χ3v) is 7.48. The van der Waals surface area contributed by atoms with Crippen LogP contribution in [0.15, 0.2) is 42.5 Å². The highest BCUT2D eigenvalue weighted by molar-refractivity contribution is 7.92. The number of amides is 2. The maximum absolute atomic E-state index is 13.6. The zero-order valence-electron chi connectivity index (χ0n) is 21.0. The SMILES string of the molecule is CCCCNC(=O)[C@H](CC)N(Cc1ccc(OC)cc1)C(=O)CN(c1ccc(Cl)c(Cl)c1)S(C)(=O)=O. The summed E-state index contributed by atoms with van der Waals surface area (Å²) in [6, 6.07) is 10.7. The summed E-state index contributed by atoms with van der Waals surface area (Å²) in [6.45, 7) is 3.93. The molecule has 1 atom stereocenters. The molecule has 0 aromatic heterocycles. The predicted octanol–water partition coefficient (Wildman–Crippen LogP) is 4.49. The van der Waals surface area contributed by atoms with Crippen molar-refractivity contribution in [2.24, 2.45) is 0 Å². The van der Waals surface area contributed by atoms with Gasteiger partial charge in [0.05, 0.1) is 29.1 Å². The number of anilines is 1. The van der Waals surface area contributed by atoms with E-state index in [4.69, 9.17) is 27.9 Å². The Kier molecular flexibility index (Phi) is 11.3. The molecule has 0 spiro atoms. The van der Waals surface area contributed by atoms with Gasteiger partial charge in [-0.1, -0.05) is 55.6 Å². The lowest BCUT2D eigenvalue weighted by Crippen LogP contribution is -2.52. The minimum absolute atomic E-state index is 0.113. The molecular formula is C25H33Cl2N3O5S. The number of sulfonamides is 1. The summed E-state index contributed by atoms with van der Waals surface area (Å²) in [4.78, 5) is 28.1. The number of carbonyl (C=O) groups is 2. The lowest BCUT2D eigenvalue weighted by Gasteiger charge is -2.33. The lowest BCUT2D eigenvalue weighted by molar-refractivity contribution is -0.140. The quantitative estimate of drug-likeness (QED) is 0.366. The molecular weight excluding hydrogens is 525 g/mol. The predicted molar refractivity (Wildman–Crippen MR) is 144 cm³/mol. The number of rotatable bonds is 13. The van der Waals surface area contributed by atoms with Gasteiger partial charge in [0.25, 0.3) is 0 Å². The Labute approximate surface area is 223 Å². The number of hydrogen-bond donors (Lipinski definition) is 1. The Morgan fingerprint density at radius 3 is 2.25 bits per heavy atom. The van der Waals surface area contributed by atoms with Crippen LogP contribution in [-0.4, -0.2) is 57.6 Å². The van der Waals surface area contributed by atoms with Crippen molar-refractivity contribution in [1.29, 1.82) is 0 Å². The maximum Gasteiger partial charge on any atom is 0.244 e. The largest absolute Gasteiger partial charge is 0.497 e. The first-order valence-corrected chi connectivity index (χ1v) is 14.2. The van der Waals surface area contributed by atoms with E-state index in [-0.39, 0.29) is 28.2 Å². The van der Waals surface area contributed by atoms with Crippen LogP contribution in [0.1, 0.15) is 38.7 Å². The van der Waals surface area contributed by atoms with Crippen LogP contribution in [0, 0.1) is 0 Å². The second-order valence-corrected chi connectivity index (χ2v) is 11.0. The number of ether oxygens (including phenoxy) is 1. The number of benzene rings is 2. The summed E-state index contributed by atoms with van der Waals surface area (Å²) < 4.78 is 31.5. The molecule has 0 saturated carbocycles. The summed E-state index contributed by atoms with van der Waals surface area (Å²) >= 11 is 12.1. The molecule has 2 aromatic carbocycles. The molecule has 0 aliphatic rings. The van der Waals surface area contributed by atoms with Crippen molar-refractivity contribution in [2.75, 3.05) is 30.8 Å². The maximum atomic E-state index is 13.6. The molecule has 2 rings (SSSR count). The molecule has 198 valence electrons. The van der Waals surface area contributed by atoms with Gasteiger partial charge in [-0.3, -0.25) is 13.9 Å². The summed E-state index contributed by atoms with van der Waals surface area (Å²) in [5.41, 5.74) is 0.967. The number of carbonyl (C=O) groups excluding carboxylic acids is 2. The van der Waals surface area contributed by atoms with E-state index >= 15 is 0 Å². The molecule has 0 unspecified atom stereocenters. The van der Waals surface area contributed by atoms with Crippen molar-refractivity contribution in [3.63, 3.8) is 0 Å². The van der Waals surface area contributed by atoms with Gasteiger partial charge in [-0.25, -0.2) is 8.42 Å². The van der Waals surface area contributed by atoms with Crippen LogP contribution < -0.4 is 14.4 Å². The third-order valence-electron chi connectivity index (χ3n) is 5.60. The van der Waals surface area contributed by atoms with Crippen LogP contribution in [0.2, 0.25) is 10.0 Å². The second kappa shape index (κ2) is 13.7. The van der Waals surface area contributed by atoms with E-state index in [1.165, 1.54) is 23.1 Å². The van der Waals surface area contributed by atoms with Crippen molar-refractivity contribution in [2.45, 2.75) is 45.7 Å². The first kappa shape index (κ1) is 29.7. The molecule has 0 aliphatic carbocycles. The highest BCUT2D eigenvalue weighted by Crippen LogP contribution is 2.28.